The van der Waals surface area contributed by atoms with Crippen LogP contribution in [0.15, 0.2) is 22.8 Å². The van der Waals surface area contributed by atoms with Crippen molar-refractivity contribution in [1.82, 2.24) is 10.6 Å². The van der Waals surface area contributed by atoms with Gasteiger partial charge in [-0.2, -0.15) is 0 Å². The number of amides is 2. The molecule has 7 nitrogen and oxygen atoms in total. The van der Waals surface area contributed by atoms with Crippen molar-refractivity contribution < 1.29 is 24.2 Å². The first kappa shape index (κ1) is 15.0. The highest BCUT2D eigenvalue weighted by atomic mass is 16.4. The number of hydrogen-bond donors (Lipinski definition) is 4. The molecular formula is C12H18N2O5. The highest BCUT2D eigenvalue weighted by Gasteiger charge is 2.13. The Hall–Kier alpha value is -2.02. The van der Waals surface area contributed by atoms with Gasteiger partial charge in [-0.3, -0.25) is 0 Å². The number of urea groups is 1. The molecule has 0 spiro atoms. The summed E-state index contributed by atoms with van der Waals surface area (Å²) >= 11 is 0. The van der Waals surface area contributed by atoms with Crippen LogP contribution in [0.4, 0.5) is 4.79 Å². The minimum atomic E-state index is -1.46. The van der Waals surface area contributed by atoms with Gasteiger partial charge in [0.25, 0.3) is 0 Å². The number of furan rings is 1. The molecule has 1 aromatic heterocycles. The van der Waals surface area contributed by atoms with Gasteiger partial charge in [-0.05, 0) is 19.1 Å². The van der Waals surface area contributed by atoms with E-state index in [2.05, 4.69) is 10.6 Å². The molecule has 1 rings (SSSR count). The molecule has 2 atom stereocenters. The highest BCUT2D eigenvalue weighted by molar-refractivity contribution is 5.74. The Labute approximate surface area is 110 Å². The molecule has 0 saturated heterocycles. The summed E-state index contributed by atoms with van der Waals surface area (Å²) < 4.78 is 5.15. The summed E-state index contributed by atoms with van der Waals surface area (Å²) in [6.07, 6.45) is 0.643. The van der Waals surface area contributed by atoms with E-state index in [9.17, 15) is 9.59 Å². The average molecular weight is 270 g/mol. The lowest BCUT2D eigenvalue weighted by Gasteiger charge is -2.13. The molecule has 0 aliphatic rings. The Morgan fingerprint density at radius 3 is 2.79 bits per heavy atom. The third kappa shape index (κ3) is 5.91. The fourth-order valence-electron chi connectivity index (χ4n) is 1.50. The minimum absolute atomic E-state index is 0.0324. The van der Waals surface area contributed by atoms with Gasteiger partial charge in [-0.25, -0.2) is 9.59 Å². The molecule has 4 N–H and O–H groups in total. The quantitative estimate of drug-likeness (QED) is 0.571. The maximum absolute atomic E-state index is 11.5. The van der Waals surface area contributed by atoms with E-state index in [0.717, 1.165) is 5.76 Å². The summed E-state index contributed by atoms with van der Waals surface area (Å²) in [4.78, 5) is 21.8. The molecule has 2 amide bonds. The molecule has 0 aromatic carbocycles. The maximum atomic E-state index is 11.5. The lowest BCUT2D eigenvalue weighted by molar-refractivity contribution is -0.146. The summed E-state index contributed by atoms with van der Waals surface area (Å²) in [6, 6.07) is 3.07. The van der Waals surface area contributed by atoms with Crippen molar-refractivity contribution in [1.29, 1.82) is 0 Å². The third-order valence-electron chi connectivity index (χ3n) is 2.45. The first-order valence-electron chi connectivity index (χ1n) is 5.96. The fraction of sp³-hybridized carbons (Fsp3) is 0.500. The van der Waals surface area contributed by atoms with Crippen LogP contribution in [0.3, 0.4) is 0 Å². The minimum Gasteiger partial charge on any atom is -0.479 e. The lowest BCUT2D eigenvalue weighted by atomic mass is 10.2. The van der Waals surface area contributed by atoms with Crippen LogP contribution >= 0.6 is 0 Å². The first-order chi connectivity index (χ1) is 8.99. The van der Waals surface area contributed by atoms with Gasteiger partial charge >= 0.3 is 12.0 Å². The Bertz CT molecular complexity index is 404. The molecule has 0 bridgehead atoms. The summed E-state index contributed by atoms with van der Waals surface area (Å²) in [5, 5.41) is 22.6. The van der Waals surface area contributed by atoms with E-state index in [1.54, 1.807) is 12.3 Å². The fourth-order valence-corrected chi connectivity index (χ4v) is 1.50. The first-order valence-corrected chi connectivity index (χ1v) is 5.96. The van der Waals surface area contributed by atoms with E-state index < -0.39 is 18.1 Å². The summed E-state index contributed by atoms with van der Waals surface area (Å²) in [5.74, 6) is -0.525. The second kappa shape index (κ2) is 7.42. The number of carboxylic acids is 1. The molecule has 2 unspecified atom stereocenters. The Kier molecular flexibility index (Phi) is 5.87. The molecule has 0 fully saturated rings. The van der Waals surface area contributed by atoms with Gasteiger partial charge in [0, 0.05) is 25.4 Å². The van der Waals surface area contributed by atoms with Crippen LogP contribution in [0.2, 0.25) is 0 Å². The lowest BCUT2D eigenvalue weighted by Crippen LogP contribution is -2.42. The van der Waals surface area contributed by atoms with Gasteiger partial charge in [0.2, 0.25) is 0 Å². The number of carbonyl (C=O) groups is 2. The molecule has 0 saturated carbocycles. The number of rotatable bonds is 7. The topological polar surface area (TPSA) is 112 Å². The molecule has 106 valence electrons. The number of aliphatic hydroxyl groups is 1. The zero-order valence-corrected chi connectivity index (χ0v) is 10.6. The molecule has 7 heteroatoms. The SMILES string of the molecule is CC(Cc1ccco1)NC(=O)NCCC(O)C(=O)O. The summed E-state index contributed by atoms with van der Waals surface area (Å²) in [5.41, 5.74) is 0. The second-order valence-corrected chi connectivity index (χ2v) is 4.23. The predicted molar refractivity (Wildman–Crippen MR) is 66.7 cm³/mol. The van der Waals surface area contributed by atoms with Crippen molar-refractivity contribution in [3.63, 3.8) is 0 Å². The number of carbonyl (C=O) groups excluding carboxylic acids is 1. The Morgan fingerprint density at radius 1 is 1.47 bits per heavy atom. The third-order valence-corrected chi connectivity index (χ3v) is 2.45. The number of aliphatic carboxylic acids is 1. The van der Waals surface area contributed by atoms with Crippen molar-refractivity contribution in [2.45, 2.75) is 31.9 Å². The predicted octanol–water partition coefficient (Wildman–Crippen LogP) is 0.345. The molecule has 0 aliphatic heterocycles. The molecule has 0 radical (unpaired) electrons. The number of hydrogen-bond acceptors (Lipinski definition) is 4. The van der Waals surface area contributed by atoms with Crippen molar-refractivity contribution >= 4 is 12.0 Å². The number of nitrogens with one attached hydrogen (secondary N) is 2. The molecule has 19 heavy (non-hydrogen) atoms. The van der Waals surface area contributed by atoms with Crippen LogP contribution in [0.25, 0.3) is 0 Å². The zero-order chi connectivity index (χ0) is 14.3. The van der Waals surface area contributed by atoms with E-state index in [1.165, 1.54) is 0 Å². The van der Waals surface area contributed by atoms with Crippen molar-refractivity contribution in [3.05, 3.63) is 24.2 Å². The monoisotopic (exact) mass is 270 g/mol. The Morgan fingerprint density at radius 2 is 2.21 bits per heavy atom. The van der Waals surface area contributed by atoms with Crippen LogP contribution < -0.4 is 10.6 Å². The van der Waals surface area contributed by atoms with Crippen LogP contribution in [0, 0.1) is 0 Å². The van der Waals surface area contributed by atoms with Crippen molar-refractivity contribution in [3.8, 4) is 0 Å². The van der Waals surface area contributed by atoms with Crippen molar-refractivity contribution in [2.75, 3.05) is 6.54 Å². The largest absolute Gasteiger partial charge is 0.479 e. The second-order valence-electron chi connectivity index (χ2n) is 4.23. The maximum Gasteiger partial charge on any atom is 0.332 e. The Balaban J connectivity index is 2.18. The smallest absolute Gasteiger partial charge is 0.332 e. The van der Waals surface area contributed by atoms with Crippen LogP contribution in [0.5, 0.6) is 0 Å². The van der Waals surface area contributed by atoms with Gasteiger partial charge < -0.3 is 25.3 Å². The normalized spacial score (nSPS) is 13.6. The molecule has 0 aliphatic carbocycles. The molecular weight excluding hydrogens is 252 g/mol. The van der Waals surface area contributed by atoms with E-state index in [0.29, 0.717) is 6.42 Å². The van der Waals surface area contributed by atoms with E-state index in [4.69, 9.17) is 14.6 Å². The summed E-state index contributed by atoms with van der Waals surface area (Å²) in [7, 11) is 0. The van der Waals surface area contributed by atoms with Gasteiger partial charge in [-0.1, -0.05) is 0 Å². The average Bonchev–Trinajstić information content (AvgIpc) is 2.81. The van der Waals surface area contributed by atoms with Crippen molar-refractivity contribution in [2.24, 2.45) is 0 Å². The van der Waals surface area contributed by atoms with Crippen LogP contribution in [-0.4, -0.2) is 40.9 Å². The zero-order valence-electron chi connectivity index (χ0n) is 10.6. The van der Waals surface area contributed by atoms with Crippen LogP contribution in [0.1, 0.15) is 19.1 Å². The van der Waals surface area contributed by atoms with E-state index in [1.807, 2.05) is 13.0 Å². The standard InChI is InChI=1S/C12H18N2O5/c1-8(7-9-3-2-6-19-9)14-12(18)13-5-4-10(15)11(16)17/h2-3,6,8,10,15H,4-5,7H2,1H3,(H,16,17)(H2,13,14,18). The van der Waals surface area contributed by atoms with E-state index >= 15 is 0 Å². The molecule has 1 heterocycles. The van der Waals surface area contributed by atoms with E-state index in [-0.39, 0.29) is 19.0 Å². The van der Waals surface area contributed by atoms with Gasteiger partial charge in [0.05, 0.1) is 6.26 Å². The highest BCUT2D eigenvalue weighted by Crippen LogP contribution is 2.03. The number of aliphatic hydroxyl groups excluding tert-OH is 1. The summed E-state index contributed by atoms with van der Waals surface area (Å²) in [6.45, 7) is 1.92. The van der Waals surface area contributed by atoms with Gasteiger partial charge in [-0.15, -0.1) is 0 Å². The van der Waals surface area contributed by atoms with Gasteiger partial charge in [0.15, 0.2) is 6.10 Å². The van der Waals surface area contributed by atoms with Gasteiger partial charge in [0.1, 0.15) is 5.76 Å². The molecule has 1 aromatic rings. The van der Waals surface area contributed by atoms with Crippen LogP contribution in [-0.2, 0) is 11.2 Å². The number of carboxylic acid groups (broad SMARTS) is 1.